The lowest BCUT2D eigenvalue weighted by Gasteiger charge is -2.50. The lowest BCUT2D eigenvalue weighted by atomic mass is 9.58. The summed E-state index contributed by atoms with van der Waals surface area (Å²) < 4.78 is 16.2. The number of nitrogens with zero attached hydrogens (tertiary/aromatic N) is 2. The van der Waals surface area contributed by atoms with E-state index in [9.17, 15) is 34.8 Å². The zero-order chi connectivity index (χ0) is 29.8. The molecule has 2 fully saturated rings. The van der Waals surface area contributed by atoms with Crippen LogP contribution in [0.3, 0.4) is 0 Å². The molecule has 6 rings (SSSR count). The minimum Gasteiger partial charge on any atom is -0.510 e. The number of Topliss-reactive ketones (excluding diaryl/α,β-unsaturated/α-hetero) is 2. The highest BCUT2D eigenvalue weighted by molar-refractivity contribution is 6.24. The van der Waals surface area contributed by atoms with Gasteiger partial charge in [0.15, 0.2) is 11.4 Å². The third kappa shape index (κ3) is 4.04. The third-order valence-corrected chi connectivity index (χ3v) is 10.0. The van der Waals surface area contributed by atoms with Gasteiger partial charge in [-0.25, -0.2) is 4.39 Å². The molecule has 0 saturated heterocycles. The Morgan fingerprint density at radius 1 is 1.17 bits per heavy atom. The molecule has 0 spiro atoms. The number of fused-ring (bicyclic) bond motifs is 3. The van der Waals surface area contributed by atoms with Gasteiger partial charge in [-0.05, 0) is 77.4 Å². The molecule has 4 atom stereocenters. The summed E-state index contributed by atoms with van der Waals surface area (Å²) in [6.45, 7) is 3.29. The molecule has 5 aliphatic rings. The SMILES string of the molecule is CN(C)[C@@H]1C(O)=C(C(N)=O)C(=O)[C@@]2(O)C(O)=C3C(=O)c4c(O)cc(CN(CC5CC5)C5(C)CC5)c(F)c4C[C@H]3C[C@@H]12. The molecule has 0 aliphatic heterocycles. The van der Waals surface area contributed by atoms with Crippen LogP contribution >= 0.6 is 0 Å². The molecule has 6 N–H and O–H groups in total. The summed E-state index contributed by atoms with van der Waals surface area (Å²) in [4.78, 5) is 43.0. The first-order chi connectivity index (χ1) is 19.2. The summed E-state index contributed by atoms with van der Waals surface area (Å²) in [7, 11) is 3.12. The molecule has 0 bridgehead atoms. The second-order valence-corrected chi connectivity index (χ2v) is 13.0. The number of hydrogen-bond acceptors (Lipinski definition) is 9. The van der Waals surface area contributed by atoms with Crippen LogP contribution in [0.4, 0.5) is 4.39 Å². The highest BCUT2D eigenvalue weighted by Crippen LogP contribution is 2.53. The summed E-state index contributed by atoms with van der Waals surface area (Å²) in [6, 6.07) is 0.163. The van der Waals surface area contributed by atoms with Gasteiger partial charge >= 0.3 is 0 Å². The number of carbonyl (C=O) groups excluding carboxylic acids is 3. The van der Waals surface area contributed by atoms with Crippen LogP contribution in [0.2, 0.25) is 0 Å². The van der Waals surface area contributed by atoms with Crippen molar-refractivity contribution in [3.8, 4) is 5.75 Å². The van der Waals surface area contributed by atoms with Crippen LogP contribution in [0, 0.1) is 23.6 Å². The molecule has 5 aliphatic carbocycles. The number of phenolic OH excluding ortho intramolecular Hbond substituents is 1. The fourth-order valence-corrected chi connectivity index (χ4v) is 7.26. The van der Waals surface area contributed by atoms with E-state index in [-0.39, 0.29) is 40.6 Å². The van der Waals surface area contributed by atoms with Gasteiger partial charge in [0.1, 0.15) is 28.7 Å². The molecule has 1 aromatic carbocycles. The highest BCUT2D eigenvalue weighted by Gasteiger charge is 2.63. The number of hydrogen-bond donors (Lipinski definition) is 5. The lowest BCUT2D eigenvalue weighted by Crippen LogP contribution is -2.63. The first-order valence-corrected chi connectivity index (χ1v) is 14.1. The summed E-state index contributed by atoms with van der Waals surface area (Å²) in [5, 5.41) is 44.9. The minimum absolute atomic E-state index is 0.0140. The number of likely N-dealkylation sites (N-methyl/N-ethyl adjacent to an activating group) is 1. The predicted molar refractivity (Wildman–Crippen MR) is 144 cm³/mol. The van der Waals surface area contributed by atoms with Crippen molar-refractivity contribution in [2.45, 2.75) is 69.2 Å². The van der Waals surface area contributed by atoms with E-state index < -0.39 is 69.6 Å². The van der Waals surface area contributed by atoms with Crippen molar-refractivity contribution < 1.29 is 39.2 Å². The Balaban J connectivity index is 1.43. The largest absolute Gasteiger partial charge is 0.510 e. The van der Waals surface area contributed by atoms with Crippen LogP contribution in [-0.2, 0) is 22.6 Å². The fraction of sp³-hybridized carbons (Fsp3) is 0.567. The number of aliphatic hydroxyl groups excluding tert-OH is 2. The van der Waals surface area contributed by atoms with Crippen LogP contribution in [0.15, 0.2) is 28.7 Å². The maximum Gasteiger partial charge on any atom is 0.255 e. The van der Waals surface area contributed by atoms with Crippen molar-refractivity contribution in [3.05, 3.63) is 51.2 Å². The number of primary amides is 1. The molecule has 1 aromatic rings. The first-order valence-electron chi connectivity index (χ1n) is 14.1. The van der Waals surface area contributed by atoms with E-state index in [0.29, 0.717) is 12.5 Å². The first kappa shape index (κ1) is 27.9. The molecule has 41 heavy (non-hydrogen) atoms. The third-order valence-electron chi connectivity index (χ3n) is 10.0. The number of phenols is 1. The van der Waals surface area contributed by atoms with Gasteiger partial charge in [-0.15, -0.1) is 0 Å². The van der Waals surface area contributed by atoms with E-state index in [2.05, 4.69) is 11.8 Å². The average Bonchev–Trinajstić information content (AvgIpc) is 3.82. The Kier molecular flexibility index (Phi) is 6.19. The number of amides is 1. The van der Waals surface area contributed by atoms with Crippen molar-refractivity contribution in [2.24, 2.45) is 23.5 Å². The van der Waals surface area contributed by atoms with E-state index in [1.807, 2.05) is 0 Å². The summed E-state index contributed by atoms with van der Waals surface area (Å²) in [5.41, 5.74) is 1.47. The number of ketones is 2. The number of halogens is 1. The summed E-state index contributed by atoms with van der Waals surface area (Å²) in [6.07, 6.45) is 4.18. The van der Waals surface area contributed by atoms with Crippen LogP contribution in [0.5, 0.6) is 5.75 Å². The van der Waals surface area contributed by atoms with Crippen LogP contribution in [0.1, 0.15) is 60.5 Å². The van der Waals surface area contributed by atoms with Crippen molar-refractivity contribution in [1.82, 2.24) is 9.80 Å². The van der Waals surface area contributed by atoms with Crippen molar-refractivity contribution >= 4 is 17.5 Å². The number of benzene rings is 1. The van der Waals surface area contributed by atoms with E-state index in [1.54, 1.807) is 14.1 Å². The number of aliphatic hydroxyl groups is 3. The average molecular weight is 570 g/mol. The number of allylic oxidation sites excluding steroid dienone is 1. The van der Waals surface area contributed by atoms with Crippen molar-refractivity contribution in [1.29, 1.82) is 0 Å². The van der Waals surface area contributed by atoms with E-state index in [1.165, 1.54) is 11.0 Å². The topological polar surface area (TPSA) is 165 Å². The van der Waals surface area contributed by atoms with Crippen LogP contribution < -0.4 is 5.73 Å². The monoisotopic (exact) mass is 569 g/mol. The zero-order valence-electron chi connectivity index (χ0n) is 23.4. The zero-order valence-corrected chi connectivity index (χ0v) is 23.4. The Labute approximate surface area is 236 Å². The van der Waals surface area contributed by atoms with Gasteiger partial charge in [-0.1, -0.05) is 0 Å². The fourth-order valence-electron chi connectivity index (χ4n) is 7.26. The summed E-state index contributed by atoms with van der Waals surface area (Å²) in [5.74, 6) is -7.47. The Bertz CT molecular complexity index is 1460. The second-order valence-electron chi connectivity index (χ2n) is 13.0. The van der Waals surface area contributed by atoms with Gasteiger partial charge in [0.05, 0.1) is 11.6 Å². The van der Waals surface area contributed by atoms with Gasteiger partial charge in [0.25, 0.3) is 5.91 Å². The van der Waals surface area contributed by atoms with Crippen LogP contribution in [0.25, 0.3) is 0 Å². The number of aromatic hydroxyl groups is 1. The van der Waals surface area contributed by atoms with Crippen LogP contribution in [-0.4, -0.2) is 85.5 Å². The Morgan fingerprint density at radius 2 is 1.83 bits per heavy atom. The van der Waals surface area contributed by atoms with Gasteiger partial charge in [0, 0.05) is 41.2 Å². The Hall–Kier alpha value is -3.28. The molecule has 0 heterocycles. The van der Waals surface area contributed by atoms with Crippen molar-refractivity contribution in [2.75, 3.05) is 20.6 Å². The predicted octanol–water partition coefficient (Wildman–Crippen LogP) is 2.02. The number of rotatable bonds is 7. The van der Waals surface area contributed by atoms with Crippen molar-refractivity contribution in [3.63, 3.8) is 0 Å². The smallest absolute Gasteiger partial charge is 0.255 e. The van der Waals surface area contributed by atoms with Gasteiger partial charge in [-0.3, -0.25) is 24.2 Å². The van der Waals surface area contributed by atoms with Gasteiger partial charge < -0.3 is 26.2 Å². The molecule has 1 amide bonds. The highest BCUT2D eigenvalue weighted by atomic mass is 19.1. The maximum absolute atomic E-state index is 16.2. The molecule has 0 aromatic heterocycles. The lowest BCUT2D eigenvalue weighted by molar-refractivity contribution is -0.148. The standard InChI is InChI=1S/C30H36FN3O7/c1-29(6-7-29)34(11-13-4-5-13)12-15-10-18(35)20-16(22(15)31)8-14-9-17-23(33(2)3)25(37)21(28(32)40)27(39)30(17,41)26(38)19(14)24(20)36/h10,13-14,17,23,35,37-38,41H,4-9,11-12H2,1-3H3,(H2,32,40)/t14-,17-,23-,30-/m0/s1. The number of nitrogens with two attached hydrogens (primary N) is 1. The summed E-state index contributed by atoms with van der Waals surface area (Å²) >= 11 is 0. The molecule has 0 radical (unpaired) electrons. The van der Waals surface area contributed by atoms with Gasteiger partial charge in [0.2, 0.25) is 5.78 Å². The molecule has 220 valence electrons. The Morgan fingerprint density at radius 3 is 2.39 bits per heavy atom. The van der Waals surface area contributed by atoms with E-state index in [4.69, 9.17) is 5.73 Å². The normalized spacial score (nSPS) is 30.5. The maximum atomic E-state index is 16.2. The van der Waals surface area contributed by atoms with Gasteiger partial charge in [-0.2, -0.15) is 0 Å². The molecular weight excluding hydrogens is 533 g/mol. The number of carbonyl (C=O) groups is 3. The van der Waals surface area contributed by atoms with E-state index in [0.717, 1.165) is 32.2 Å². The molecule has 0 unspecified atom stereocenters. The second kappa shape index (κ2) is 9.11. The molecular formula is C30H36FN3O7. The molecule has 2 saturated carbocycles. The minimum atomic E-state index is -2.72. The van der Waals surface area contributed by atoms with E-state index >= 15 is 4.39 Å². The molecule has 10 nitrogen and oxygen atoms in total. The quantitative estimate of drug-likeness (QED) is 0.309. The molecule has 11 heteroatoms.